The molecule has 3 rings (SSSR count). The number of hydrogen-bond acceptors (Lipinski definition) is 3. The molecule has 0 aliphatic carbocycles. The van der Waals surface area contributed by atoms with Gasteiger partial charge in [0.05, 0.1) is 4.47 Å². The number of amides is 2. The van der Waals surface area contributed by atoms with Crippen LogP contribution in [0.25, 0.3) is 0 Å². The van der Waals surface area contributed by atoms with Crippen LogP contribution in [0.2, 0.25) is 10.0 Å². The predicted octanol–water partition coefficient (Wildman–Crippen LogP) is 6.86. The summed E-state index contributed by atoms with van der Waals surface area (Å²) in [5.41, 5.74) is 2.66. The number of carbonyl (C=O) groups excluding carboxylic acids is 2. The molecule has 5 nitrogen and oxygen atoms in total. The Kier molecular flexibility index (Phi) is 11.3. The van der Waals surface area contributed by atoms with Crippen LogP contribution in [0.1, 0.15) is 37.0 Å². The van der Waals surface area contributed by atoms with Gasteiger partial charge in [0.25, 0.3) is 5.91 Å². The van der Waals surface area contributed by atoms with E-state index < -0.39 is 6.04 Å². The molecule has 1 atom stereocenters. The monoisotopic (exact) mass is 604 g/mol. The van der Waals surface area contributed by atoms with Gasteiger partial charge in [-0.25, -0.2) is 0 Å². The van der Waals surface area contributed by atoms with Gasteiger partial charge in [-0.15, -0.1) is 0 Å². The van der Waals surface area contributed by atoms with Crippen molar-refractivity contribution in [1.82, 2.24) is 10.2 Å². The molecule has 196 valence electrons. The largest absolute Gasteiger partial charge is 0.483 e. The molecule has 37 heavy (non-hydrogen) atoms. The van der Waals surface area contributed by atoms with Crippen molar-refractivity contribution >= 4 is 50.9 Å². The van der Waals surface area contributed by atoms with Crippen LogP contribution in [-0.4, -0.2) is 35.9 Å². The van der Waals surface area contributed by atoms with Crippen LogP contribution in [0.5, 0.6) is 5.75 Å². The van der Waals surface area contributed by atoms with E-state index in [-0.39, 0.29) is 25.0 Å². The first kappa shape index (κ1) is 29.0. The van der Waals surface area contributed by atoms with Gasteiger partial charge in [0.15, 0.2) is 6.61 Å². The van der Waals surface area contributed by atoms with Crippen molar-refractivity contribution in [2.45, 2.75) is 45.7 Å². The minimum Gasteiger partial charge on any atom is -0.483 e. The highest BCUT2D eigenvalue weighted by Gasteiger charge is 2.31. The Morgan fingerprint density at radius 1 is 0.973 bits per heavy atom. The van der Waals surface area contributed by atoms with Crippen molar-refractivity contribution in [3.63, 3.8) is 0 Å². The van der Waals surface area contributed by atoms with E-state index in [9.17, 15) is 9.59 Å². The molecular weight excluding hydrogens is 575 g/mol. The van der Waals surface area contributed by atoms with Crippen LogP contribution in [0.3, 0.4) is 0 Å². The molecule has 2 amide bonds. The second-order valence-corrected chi connectivity index (χ2v) is 10.3. The van der Waals surface area contributed by atoms with Crippen LogP contribution >= 0.6 is 39.1 Å². The van der Waals surface area contributed by atoms with Crippen molar-refractivity contribution in [3.8, 4) is 5.75 Å². The summed E-state index contributed by atoms with van der Waals surface area (Å²) in [7, 11) is 0. The van der Waals surface area contributed by atoms with Crippen molar-refractivity contribution < 1.29 is 14.3 Å². The molecule has 8 heteroatoms. The normalized spacial score (nSPS) is 11.6. The van der Waals surface area contributed by atoms with E-state index in [0.717, 1.165) is 28.4 Å². The highest BCUT2D eigenvalue weighted by atomic mass is 79.9. The molecule has 0 aliphatic rings. The third kappa shape index (κ3) is 8.22. The van der Waals surface area contributed by atoms with Crippen molar-refractivity contribution in [2.24, 2.45) is 0 Å². The average Bonchev–Trinajstić information content (AvgIpc) is 2.90. The van der Waals surface area contributed by atoms with E-state index in [4.69, 9.17) is 27.9 Å². The van der Waals surface area contributed by atoms with E-state index in [1.54, 1.807) is 18.2 Å². The van der Waals surface area contributed by atoms with E-state index in [1.807, 2.05) is 55.5 Å². The summed E-state index contributed by atoms with van der Waals surface area (Å²) in [4.78, 5) is 28.6. The second-order valence-electron chi connectivity index (χ2n) is 8.63. The minimum absolute atomic E-state index is 0.0632. The number of hydrogen-bond donors (Lipinski definition) is 1. The summed E-state index contributed by atoms with van der Waals surface area (Å²) in [5, 5.41) is 3.81. The molecule has 0 saturated heterocycles. The highest BCUT2D eigenvalue weighted by molar-refractivity contribution is 9.10. The summed E-state index contributed by atoms with van der Waals surface area (Å²) in [5.74, 6) is -0.0398. The lowest BCUT2D eigenvalue weighted by atomic mass is 10.0. The number of carbonyl (C=O) groups is 2. The van der Waals surface area contributed by atoms with Gasteiger partial charge in [-0.1, -0.05) is 79.5 Å². The summed E-state index contributed by atoms with van der Waals surface area (Å²) in [6.45, 7) is 4.37. The van der Waals surface area contributed by atoms with Crippen LogP contribution in [0.15, 0.2) is 71.2 Å². The Bertz CT molecular complexity index is 1190. The molecule has 0 radical (unpaired) electrons. The number of halogens is 3. The molecule has 0 aromatic heterocycles. The maximum Gasteiger partial charge on any atom is 0.261 e. The molecule has 0 spiro atoms. The SMILES string of the molecule is CCCNC(=O)[C@H](Cc1ccccc1)N(Cc1c(Cl)cccc1Cl)C(=O)COc1ccc(CC)cc1Br. The molecule has 0 heterocycles. The molecule has 3 aromatic rings. The van der Waals surface area contributed by atoms with Gasteiger partial charge in [-0.05, 0) is 64.2 Å². The van der Waals surface area contributed by atoms with E-state index in [2.05, 4.69) is 28.2 Å². The van der Waals surface area contributed by atoms with Gasteiger partial charge in [-0.2, -0.15) is 0 Å². The van der Waals surface area contributed by atoms with Crippen molar-refractivity contribution in [2.75, 3.05) is 13.2 Å². The summed E-state index contributed by atoms with van der Waals surface area (Å²) in [6.07, 6.45) is 2.00. The Balaban J connectivity index is 1.94. The van der Waals surface area contributed by atoms with Crippen LogP contribution < -0.4 is 10.1 Å². The molecule has 0 saturated carbocycles. The number of rotatable bonds is 12. The first-order valence-electron chi connectivity index (χ1n) is 12.3. The summed E-state index contributed by atoms with van der Waals surface area (Å²) < 4.78 is 6.67. The number of nitrogens with one attached hydrogen (secondary N) is 1. The lowest BCUT2D eigenvalue weighted by Crippen LogP contribution is -2.51. The van der Waals surface area contributed by atoms with Crippen LogP contribution in [0.4, 0.5) is 0 Å². The standard InChI is InChI=1S/C29H31BrCl2N2O3/c1-3-15-33-29(36)26(17-21-9-6-5-7-10-21)34(18-22-24(31)11-8-12-25(22)32)28(35)19-37-27-14-13-20(4-2)16-23(27)30/h5-14,16,26H,3-4,15,17-19H2,1-2H3,(H,33,36)/t26-/m0/s1. The van der Waals surface area contributed by atoms with Gasteiger partial charge in [-0.3, -0.25) is 9.59 Å². The molecule has 0 fully saturated rings. The zero-order chi connectivity index (χ0) is 26.8. The smallest absolute Gasteiger partial charge is 0.261 e. The first-order chi connectivity index (χ1) is 17.8. The number of ether oxygens (including phenoxy) is 1. The zero-order valence-corrected chi connectivity index (χ0v) is 24.1. The minimum atomic E-state index is -0.789. The lowest BCUT2D eigenvalue weighted by molar-refractivity contribution is -0.142. The first-order valence-corrected chi connectivity index (χ1v) is 13.8. The summed E-state index contributed by atoms with van der Waals surface area (Å²) in [6, 6.07) is 19.8. The molecule has 0 aliphatic heterocycles. The maximum atomic E-state index is 13.7. The Hall–Kier alpha value is -2.54. The van der Waals surface area contributed by atoms with Crippen molar-refractivity contribution in [1.29, 1.82) is 0 Å². The average molecular weight is 606 g/mol. The lowest BCUT2D eigenvalue weighted by Gasteiger charge is -2.32. The number of aryl methyl sites for hydroxylation is 1. The van der Waals surface area contributed by atoms with Crippen molar-refractivity contribution in [3.05, 3.63) is 97.9 Å². The highest BCUT2D eigenvalue weighted by Crippen LogP contribution is 2.29. The van der Waals surface area contributed by atoms with Gasteiger partial charge < -0.3 is 15.0 Å². The Morgan fingerprint density at radius 3 is 2.30 bits per heavy atom. The van der Waals surface area contributed by atoms with E-state index in [1.165, 1.54) is 4.90 Å². The quantitative estimate of drug-likeness (QED) is 0.245. The molecule has 1 N–H and O–H groups in total. The third-order valence-electron chi connectivity index (χ3n) is 5.97. The Labute approximate surface area is 237 Å². The number of nitrogens with zero attached hydrogens (tertiary/aromatic N) is 1. The zero-order valence-electron chi connectivity index (χ0n) is 21.0. The number of benzene rings is 3. The van der Waals surface area contributed by atoms with Gasteiger partial charge in [0.1, 0.15) is 11.8 Å². The van der Waals surface area contributed by atoms with Crippen LogP contribution in [-0.2, 0) is 29.0 Å². The van der Waals surface area contributed by atoms with E-state index >= 15 is 0 Å². The topological polar surface area (TPSA) is 58.6 Å². The fourth-order valence-corrected chi connectivity index (χ4v) is 4.94. The van der Waals surface area contributed by atoms with Crippen LogP contribution in [0, 0.1) is 0 Å². The van der Waals surface area contributed by atoms with E-state index in [0.29, 0.717) is 34.3 Å². The summed E-state index contributed by atoms with van der Waals surface area (Å²) >= 11 is 16.5. The van der Waals surface area contributed by atoms with Gasteiger partial charge in [0, 0.05) is 35.1 Å². The molecule has 0 bridgehead atoms. The molecular formula is C29H31BrCl2N2O3. The van der Waals surface area contributed by atoms with Gasteiger partial charge in [0.2, 0.25) is 5.91 Å². The fourth-order valence-electron chi connectivity index (χ4n) is 3.88. The van der Waals surface area contributed by atoms with Gasteiger partial charge >= 0.3 is 0 Å². The third-order valence-corrected chi connectivity index (χ3v) is 7.29. The maximum absolute atomic E-state index is 13.7. The second kappa shape index (κ2) is 14.4. The Morgan fingerprint density at radius 2 is 1.68 bits per heavy atom. The molecule has 0 unspecified atom stereocenters. The fraction of sp³-hybridized carbons (Fsp3) is 0.310. The predicted molar refractivity (Wildman–Crippen MR) is 153 cm³/mol. The molecule has 3 aromatic carbocycles.